The molecule has 2 heterocycles. The minimum absolute atomic E-state index is 0.00939. The van der Waals surface area contributed by atoms with Gasteiger partial charge in [-0.05, 0) is 55.2 Å². The zero-order chi connectivity index (χ0) is 55.9. The second kappa shape index (κ2) is 30.8. The number of primary amides is 3. The van der Waals surface area contributed by atoms with Gasteiger partial charge in [-0.1, -0.05) is 83.1 Å². The van der Waals surface area contributed by atoms with E-state index in [1.54, 1.807) is 42.5 Å². The fraction of sp³-hybridized carbons (Fsp3) is 0.500. The lowest BCUT2D eigenvalue weighted by Crippen LogP contribution is -2.61. The summed E-state index contributed by atoms with van der Waals surface area (Å²) in [5.41, 5.74) is 35.7. The first kappa shape index (κ1) is 61.1. The van der Waals surface area contributed by atoms with Crippen LogP contribution in [-0.2, 0) is 72.0 Å². The predicted octanol–water partition coefficient (Wildman–Crippen LogP) is -4.55. The van der Waals surface area contributed by atoms with E-state index in [1.807, 2.05) is 19.1 Å². The summed E-state index contributed by atoms with van der Waals surface area (Å²) < 4.78 is 0. The molecule has 0 aromatic heterocycles. The fourth-order valence-electron chi connectivity index (χ4n) is 8.25. The molecule has 2 aromatic rings. The highest BCUT2D eigenvalue weighted by atomic mass is 33.1. The number of benzene rings is 2. The number of nitrogens with zero attached hydrogens (tertiary/aromatic N) is 2. The van der Waals surface area contributed by atoms with Gasteiger partial charge in [0, 0.05) is 43.9 Å². The Labute approximate surface area is 447 Å². The van der Waals surface area contributed by atoms with Crippen molar-refractivity contribution in [2.45, 2.75) is 119 Å². The first-order valence-electron chi connectivity index (χ1n) is 24.6. The molecule has 4 rings (SSSR count). The monoisotopic (exact) mass is 1100 g/mol. The summed E-state index contributed by atoms with van der Waals surface area (Å²) in [5, 5.41) is 18.0. The number of aliphatic imine (C=N–C) groups is 1. The summed E-state index contributed by atoms with van der Waals surface area (Å²) in [6.45, 7) is 1.51. The molecule has 28 heteroatoms. The van der Waals surface area contributed by atoms with Gasteiger partial charge in [-0.3, -0.25) is 57.7 Å². The van der Waals surface area contributed by atoms with Crippen molar-refractivity contribution < 1.29 is 52.7 Å². The number of amides is 11. The lowest BCUT2D eigenvalue weighted by molar-refractivity contribution is -0.142. The molecular weight excluding hydrogens is 1030 g/mol. The zero-order valence-corrected chi connectivity index (χ0v) is 43.7. The molecule has 2 aromatic carbocycles. The highest BCUT2D eigenvalue weighted by molar-refractivity contribution is 8.76. The third kappa shape index (κ3) is 20.0. The van der Waals surface area contributed by atoms with Gasteiger partial charge in [0.05, 0.1) is 19.0 Å². The largest absolute Gasteiger partial charge is 0.370 e. The van der Waals surface area contributed by atoms with Crippen molar-refractivity contribution in [1.29, 1.82) is 0 Å². The Hall–Kier alpha value is -7.46. The summed E-state index contributed by atoms with van der Waals surface area (Å²) in [6, 6.07) is 4.66. The third-order valence-corrected chi connectivity index (χ3v) is 14.6. The van der Waals surface area contributed by atoms with Crippen LogP contribution in [0.5, 0.6) is 0 Å². The topological polar surface area (TPSA) is 444 Å². The van der Waals surface area contributed by atoms with Crippen LogP contribution in [0, 0.1) is 0 Å². The fourth-order valence-corrected chi connectivity index (χ4v) is 10.5. The number of likely N-dealkylation sites (tertiary alicyclic amines) is 1. The minimum Gasteiger partial charge on any atom is -0.370 e. The summed E-state index contributed by atoms with van der Waals surface area (Å²) in [4.78, 5) is 154. The number of aryl methyl sites for hydroxylation is 1. The number of carbonyl (C=O) groups is 11. The van der Waals surface area contributed by atoms with Crippen molar-refractivity contribution in [3.8, 4) is 0 Å². The van der Waals surface area contributed by atoms with Gasteiger partial charge >= 0.3 is 0 Å². The minimum atomic E-state index is -1.78. The zero-order valence-electron chi connectivity index (χ0n) is 42.1. The normalized spacial score (nSPS) is 22.5. The van der Waals surface area contributed by atoms with E-state index in [0.29, 0.717) is 18.4 Å². The maximum Gasteiger partial charge on any atom is 0.246 e. The van der Waals surface area contributed by atoms with E-state index in [0.717, 1.165) is 32.7 Å². The van der Waals surface area contributed by atoms with E-state index >= 15 is 0 Å². The number of rotatable bonds is 20. The maximum atomic E-state index is 14.6. The van der Waals surface area contributed by atoms with Crippen LogP contribution in [-0.4, -0.2) is 155 Å². The number of nitrogens with two attached hydrogens (primary N) is 6. The second-order valence-corrected chi connectivity index (χ2v) is 20.6. The van der Waals surface area contributed by atoms with E-state index in [2.05, 4.69) is 42.2 Å². The highest BCUT2D eigenvalue weighted by Crippen LogP contribution is 2.26. The van der Waals surface area contributed by atoms with Crippen molar-refractivity contribution in [2.75, 3.05) is 31.1 Å². The summed E-state index contributed by atoms with van der Waals surface area (Å²) in [5.74, 6) is -10.1. The average Bonchev–Trinajstić information content (AvgIpc) is 3.88. The molecule has 2 aliphatic heterocycles. The van der Waals surface area contributed by atoms with E-state index in [4.69, 9.17) is 34.4 Å². The Morgan fingerprint density at radius 2 is 1.30 bits per heavy atom. The molecule has 11 amide bonds. The smallest absolute Gasteiger partial charge is 0.246 e. The Morgan fingerprint density at radius 3 is 1.95 bits per heavy atom. The van der Waals surface area contributed by atoms with Gasteiger partial charge in [-0.2, -0.15) is 0 Å². The first-order chi connectivity index (χ1) is 36.2. The van der Waals surface area contributed by atoms with Crippen LogP contribution in [0.2, 0.25) is 0 Å². The maximum absolute atomic E-state index is 14.6. The number of guanidine groups is 1. The molecule has 414 valence electrons. The van der Waals surface area contributed by atoms with Gasteiger partial charge in [0.1, 0.15) is 42.3 Å². The van der Waals surface area contributed by atoms with E-state index < -0.39 is 139 Å². The molecule has 8 atom stereocenters. The number of hydrogen-bond donors (Lipinski definition) is 13. The molecule has 0 bridgehead atoms. The molecule has 76 heavy (non-hydrogen) atoms. The van der Waals surface area contributed by atoms with E-state index in [-0.39, 0.29) is 62.7 Å². The lowest BCUT2D eigenvalue weighted by atomic mass is 9.97. The molecule has 0 saturated carbocycles. The van der Waals surface area contributed by atoms with Gasteiger partial charge in [-0.25, -0.2) is 0 Å². The van der Waals surface area contributed by atoms with Crippen molar-refractivity contribution in [2.24, 2.45) is 39.4 Å². The van der Waals surface area contributed by atoms with Crippen LogP contribution in [0.25, 0.3) is 0 Å². The van der Waals surface area contributed by atoms with Gasteiger partial charge in [0.2, 0.25) is 65.0 Å². The summed E-state index contributed by atoms with van der Waals surface area (Å²) >= 11 is 0. The van der Waals surface area contributed by atoms with Gasteiger partial charge in [0.15, 0.2) is 5.96 Å². The van der Waals surface area contributed by atoms with Gasteiger partial charge in [0.25, 0.3) is 0 Å². The van der Waals surface area contributed by atoms with E-state index in [1.165, 1.54) is 4.90 Å². The Morgan fingerprint density at radius 1 is 0.711 bits per heavy atom. The van der Waals surface area contributed by atoms with Crippen LogP contribution in [0.4, 0.5) is 0 Å². The van der Waals surface area contributed by atoms with Crippen molar-refractivity contribution in [3.63, 3.8) is 0 Å². The highest BCUT2D eigenvalue weighted by Gasteiger charge is 2.41. The van der Waals surface area contributed by atoms with Gasteiger partial charge in [-0.15, -0.1) is 0 Å². The van der Waals surface area contributed by atoms with Crippen LogP contribution < -0.4 is 71.6 Å². The molecule has 0 spiro atoms. The van der Waals surface area contributed by atoms with Gasteiger partial charge < -0.3 is 76.5 Å². The quantitative estimate of drug-likeness (QED) is 0.0257. The summed E-state index contributed by atoms with van der Waals surface area (Å²) in [7, 11) is 2.05. The standard InChI is InChI=1S/C48H69N15O11S2/c1-2-27-12-6-7-13-28(27)21-33-44(71)60-32(20-26-10-4-3-5-11-26)43(70)57-31(16-17-37(50)64)42(69)61-34(22-38(51)65)45(72)62-35(25-76-75-24-29(49)40(67)59-33)47(74)63-19-9-15-36(63)46(73)58-30(14-8-18-55-48(53)54)41(68)56-23-39(52)66/h3-7,10-13,29-36H,2,8-9,14-25,49H2,1H3,(H2,50,64)(H2,51,65)(H2,52,66)(H,56,68)(H,57,70)(H,58,73)(H,59,67)(H,60,71)(H,61,69)(H,62,72)(H4,53,54,55)/t29-,30-,31-,32-,33+,34-,35-,36-/m0/s1. The van der Waals surface area contributed by atoms with Crippen molar-refractivity contribution >= 4 is 92.5 Å². The number of hydrogen-bond acceptors (Lipinski definition) is 15. The molecule has 0 radical (unpaired) electrons. The second-order valence-electron chi connectivity index (χ2n) is 18.1. The Bertz CT molecular complexity index is 2450. The Kier molecular flexibility index (Phi) is 24.8. The molecule has 0 aliphatic carbocycles. The third-order valence-electron chi connectivity index (χ3n) is 12.2. The number of nitrogens with one attached hydrogen (secondary N) is 7. The molecule has 26 nitrogen and oxygen atoms in total. The van der Waals surface area contributed by atoms with Crippen LogP contribution in [0.15, 0.2) is 59.6 Å². The Balaban J connectivity index is 1.72. The van der Waals surface area contributed by atoms with Crippen LogP contribution >= 0.6 is 21.6 Å². The molecule has 0 unspecified atom stereocenters. The van der Waals surface area contributed by atoms with Crippen molar-refractivity contribution in [3.05, 3.63) is 71.3 Å². The molecule has 2 fully saturated rings. The predicted molar refractivity (Wildman–Crippen MR) is 283 cm³/mol. The number of carbonyl (C=O) groups excluding carboxylic acids is 11. The molecule has 2 saturated heterocycles. The average molecular weight is 1100 g/mol. The first-order valence-corrected chi connectivity index (χ1v) is 27.1. The summed E-state index contributed by atoms with van der Waals surface area (Å²) in [6.07, 6.45) is -0.535. The SMILES string of the molecule is CCc1ccccc1C[C@H]1NC(=O)[C@@H](N)CSSC[C@@H](C(=O)N2CCC[C@H]2C(=O)N[C@@H](CCCN=C(N)N)C(=O)NCC(N)=O)NC(=O)[C@H](CC(N)=O)NC(=O)[C@H](CCC(N)=O)NC(=O)[C@H](Cc2ccccc2)NC1=O. The molecular formula is C48H69N15O11S2. The molecule has 19 N–H and O–H groups in total. The lowest BCUT2D eigenvalue weighted by Gasteiger charge is -2.31. The van der Waals surface area contributed by atoms with Crippen LogP contribution in [0.3, 0.4) is 0 Å². The van der Waals surface area contributed by atoms with Crippen molar-refractivity contribution in [1.82, 2.24) is 42.1 Å². The van der Waals surface area contributed by atoms with Crippen LogP contribution in [0.1, 0.15) is 68.6 Å². The molecule has 2 aliphatic rings. The van der Waals surface area contributed by atoms with E-state index in [9.17, 15) is 52.7 Å².